The van der Waals surface area contributed by atoms with E-state index in [0.717, 1.165) is 6.07 Å². The molecule has 0 bridgehead atoms. The number of carboxylic acid groups (broad SMARTS) is 1. The van der Waals surface area contributed by atoms with Crippen LogP contribution in [-0.4, -0.2) is 44.4 Å². The van der Waals surface area contributed by atoms with Crippen molar-refractivity contribution in [1.82, 2.24) is 14.9 Å². The van der Waals surface area contributed by atoms with Gasteiger partial charge in [-0.3, -0.25) is 19.4 Å². The molecule has 0 saturated carbocycles. The van der Waals surface area contributed by atoms with Crippen LogP contribution in [0.2, 0.25) is 0 Å². The highest BCUT2D eigenvalue weighted by molar-refractivity contribution is 5.83. The van der Waals surface area contributed by atoms with E-state index in [1.807, 2.05) is 11.9 Å². The van der Waals surface area contributed by atoms with Gasteiger partial charge in [-0.15, -0.1) is 0 Å². The fraction of sp³-hybridized carbons (Fsp3) is 0.500. The lowest BCUT2D eigenvalue weighted by Gasteiger charge is -2.26. The Morgan fingerprint density at radius 1 is 1.35 bits per heavy atom. The normalized spacial score (nSPS) is 11.9. The number of carbonyl (C=O) groups excluding carboxylic acids is 1. The van der Waals surface area contributed by atoms with Crippen LogP contribution in [0.4, 0.5) is 0 Å². The Balaban J connectivity index is 2.92. The first-order valence-corrected chi connectivity index (χ1v) is 6.17. The van der Waals surface area contributed by atoms with Gasteiger partial charge in [-0.25, -0.2) is 4.79 Å². The lowest BCUT2D eigenvalue weighted by atomic mass is 10.2. The number of aromatic nitrogens is 2. The van der Waals surface area contributed by atoms with Crippen LogP contribution in [0.3, 0.4) is 0 Å². The van der Waals surface area contributed by atoms with Gasteiger partial charge in [0.2, 0.25) is 5.91 Å². The molecule has 1 aromatic rings. The van der Waals surface area contributed by atoms with Crippen LogP contribution >= 0.6 is 0 Å². The fourth-order valence-corrected chi connectivity index (χ4v) is 1.74. The third-order valence-corrected chi connectivity index (χ3v) is 2.91. The molecule has 0 saturated heterocycles. The predicted molar refractivity (Wildman–Crippen MR) is 70.5 cm³/mol. The van der Waals surface area contributed by atoms with E-state index in [1.165, 1.54) is 4.90 Å². The van der Waals surface area contributed by atoms with Crippen molar-refractivity contribution < 1.29 is 14.7 Å². The molecule has 8 heteroatoms. The van der Waals surface area contributed by atoms with E-state index in [9.17, 15) is 19.2 Å². The third kappa shape index (κ3) is 4.38. The second-order valence-corrected chi connectivity index (χ2v) is 4.46. The van der Waals surface area contributed by atoms with Crippen LogP contribution in [0.15, 0.2) is 15.7 Å². The zero-order chi connectivity index (χ0) is 15.3. The zero-order valence-corrected chi connectivity index (χ0v) is 11.3. The Labute approximate surface area is 114 Å². The number of carbonyl (C=O) groups is 2. The molecule has 0 aliphatic carbocycles. The number of nitrogens with zero attached hydrogens (tertiary/aromatic N) is 1. The molecule has 1 atom stereocenters. The average molecular weight is 283 g/mol. The smallest absolute Gasteiger partial charge is 0.325 e. The van der Waals surface area contributed by atoms with Gasteiger partial charge < -0.3 is 15.0 Å². The standard InChI is InChI=1S/C12H17N3O5/c1-3-7(2)15(6-11(18)19)10(17)5-8-4-9(16)14-12(20)13-8/h4,7H,3,5-6H2,1-2H3,(H,18,19)(H2,13,14,16,20). The summed E-state index contributed by atoms with van der Waals surface area (Å²) in [6, 6.07) is 0.863. The molecule has 3 N–H and O–H groups in total. The lowest BCUT2D eigenvalue weighted by Crippen LogP contribution is -2.43. The first kappa shape index (κ1) is 15.7. The highest BCUT2D eigenvalue weighted by Crippen LogP contribution is 2.06. The SMILES string of the molecule is CCC(C)N(CC(=O)O)C(=O)Cc1cc(=O)[nH]c(=O)[nH]1. The molecule has 0 aromatic carbocycles. The first-order valence-electron chi connectivity index (χ1n) is 6.17. The minimum absolute atomic E-state index is 0.155. The lowest BCUT2D eigenvalue weighted by molar-refractivity contribution is -0.145. The van der Waals surface area contributed by atoms with E-state index >= 15 is 0 Å². The molecule has 1 rings (SSSR count). The molecule has 1 heterocycles. The number of aliphatic carboxylic acids is 1. The molecule has 8 nitrogen and oxygen atoms in total. The second-order valence-electron chi connectivity index (χ2n) is 4.46. The van der Waals surface area contributed by atoms with Gasteiger partial charge in [0.15, 0.2) is 0 Å². The minimum atomic E-state index is -1.11. The molecule has 0 aliphatic rings. The molecule has 0 fully saturated rings. The molecule has 0 aliphatic heterocycles. The van der Waals surface area contributed by atoms with Crippen LogP contribution in [0.25, 0.3) is 0 Å². The van der Waals surface area contributed by atoms with E-state index in [-0.39, 0.29) is 18.2 Å². The van der Waals surface area contributed by atoms with E-state index in [4.69, 9.17) is 5.11 Å². The van der Waals surface area contributed by atoms with Crippen molar-refractivity contribution in [2.24, 2.45) is 0 Å². The summed E-state index contributed by atoms with van der Waals surface area (Å²) < 4.78 is 0. The summed E-state index contributed by atoms with van der Waals surface area (Å²) in [4.78, 5) is 50.7. The molecule has 20 heavy (non-hydrogen) atoms. The highest BCUT2D eigenvalue weighted by Gasteiger charge is 2.22. The Bertz CT molecular complexity index is 575. The summed E-state index contributed by atoms with van der Waals surface area (Å²) in [5.41, 5.74) is -1.15. The fourth-order valence-electron chi connectivity index (χ4n) is 1.74. The number of aromatic amines is 2. The number of amides is 1. The van der Waals surface area contributed by atoms with Crippen molar-refractivity contribution in [1.29, 1.82) is 0 Å². The molecule has 110 valence electrons. The van der Waals surface area contributed by atoms with Crippen molar-refractivity contribution >= 4 is 11.9 Å². The Morgan fingerprint density at radius 2 is 2.00 bits per heavy atom. The molecule has 0 spiro atoms. The van der Waals surface area contributed by atoms with Crippen LogP contribution in [0, 0.1) is 0 Å². The molecule has 1 amide bonds. The van der Waals surface area contributed by atoms with Crippen LogP contribution in [0.1, 0.15) is 26.0 Å². The molecular formula is C12H17N3O5. The summed E-state index contributed by atoms with van der Waals surface area (Å²) >= 11 is 0. The van der Waals surface area contributed by atoms with Gasteiger partial charge in [0.25, 0.3) is 5.56 Å². The van der Waals surface area contributed by atoms with E-state index in [0.29, 0.717) is 6.42 Å². The van der Waals surface area contributed by atoms with Crippen molar-refractivity contribution in [3.63, 3.8) is 0 Å². The number of nitrogens with one attached hydrogen (secondary N) is 2. The summed E-state index contributed by atoms with van der Waals surface area (Å²) in [5, 5.41) is 8.82. The van der Waals surface area contributed by atoms with Gasteiger partial charge >= 0.3 is 11.7 Å². The van der Waals surface area contributed by atoms with Crippen LogP contribution in [-0.2, 0) is 16.0 Å². The Morgan fingerprint density at radius 3 is 2.50 bits per heavy atom. The molecule has 1 unspecified atom stereocenters. The van der Waals surface area contributed by atoms with Gasteiger partial charge in [0.05, 0.1) is 6.42 Å². The van der Waals surface area contributed by atoms with Gasteiger partial charge in [-0.1, -0.05) is 6.92 Å². The predicted octanol–water partition coefficient (Wildman–Crippen LogP) is -0.683. The van der Waals surface area contributed by atoms with E-state index < -0.39 is 29.7 Å². The summed E-state index contributed by atoms with van der Waals surface area (Å²) in [6.45, 7) is 3.16. The monoisotopic (exact) mass is 283 g/mol. The Hall–Kier alpha value is -2.38. The van der Waals surface area contributed by atoms with E-state index in [2.05, 4.69) is 4.98 Å². The maximum Gasteiger partial charge on any atom is 0.325 e. The summed E-state index contributed by atoms with van der Waals surface area (Å²) in [7, 11) is 0. The second kappa shape index (κ2) is 6.69. The molecule has 0 radical (unpaired) electrons. The molecular weight excluding hydrogens is 266 g/mol. The van der Waals surface area contributed by atoms with Crippen molar-refractivity contribution in [3.05, 3.63) is 32.6 Å². The van der Waals surface area contributed by atoms with E-state index in [1.54, 1.807) is 6.92 Å². The number of hydrogen-bond donors (Lipinski definition) is 3. The minimum Gasteiger partial charge on any atom is -0.480 e. The average Bonchev–Trinajstić information content (AvgIpc) is 2.33. The molecule has 1 aromatic heterocycles. The van der Waals surface area contributed by atoms with Crippen LogP contribution < -0.4 is 11.2 Å². The van der Waals surface area contributed by atoms with Gasteiger partial charge in [-0.2, -0.15) is 0 Å². The van der Waals surface area contributed by atoms with Crippen molar-refractivity contribution in [2.45, 2.75) is 32.7 Å². The van der Waals surface area contributed by atoms with Gasteiger partial charge in [0.1, 0.15) is 6.54 Å². The van der Waals surface area contributed by atoms with Crippen LogP contribution in [0.5, 0.6) is 0 Å². The van der Waals surface area contributed by atoms with Crippen molar-refractivity contribution in [2.75, 3.05) is 6.54 Å². The third-order valence-electron chi connectivity index (χ3n) is 2.91. The highest BCUT2D eigenvalue weighted by atomic mass is 16.4. The van der Waals surface area contributed by atoms with Gasteiger partial charge in [0, 0.05) is 17.8 Å². The first-order chi connectivity index (χ1) is 9.33. The number of H-pyrrole nitrogens is 2. The summed E-state index contributed by atoms with van der Waals surface area (Å²) in [6.07, 6.45) is 0.377. The number of hydrogen-bond acceptors (Lipinski definition) is 4. The Kier molecular flexibility index (Phi) is 5.24. The topological polar surface area (TPSA) is 123 Å². The quantitative estimate of drug-likeness (QED) is 0.638. The largest absolute Gasteiger partial charge is 0.480 e. The maximum absolute atomic E-state index is 12.1. The van der Waals surface area contributed by atoms with Gasteiger partial charge in [-0.05, 0) is 13.3 Å². The zero-order valence-electron chi connectivity index (χ0n) is 11.3. The van der Waals surface area contributed by atoms with Crippen molar-refractivity contribution in [3.8, 4) is 0 Å². The maximum atomic E-state index is 12.1. The summed E-state index contributed by atoms with van der Waals surface area (Å²) in [5.74, 6) is -1.57. The number of rotatable bonds is 6. The number of carboxylic acids is 1.